The van der Waals surface area contributed by atoms with Crippen LogP contribution in [0.4, 0.5) is 4.39 Å². The molecular weight excluding hydrogens is 463 g/mol. The van der Waals surface area contributed by atoms with Gasteiger partial charge in [-0.2, -0.15) is 5.26 Å². The second-order valence-electron chi connectivity index (χ2n) is 10.0. The van der Waals surface area contributed by atoms with Crippen molar-refractivity contribution in [3.63, 3.8) is 0 Å². The van der Waals surface area contributed by atoms with Gasteiger partial charge in [-0.15, -0.1) is 0 Å². The van der Waals surface area contributed by atoms with Gasteiger partial charge in [0, 0.05) is 41.2 Å². The first-order valence-corrected chi connectivity index (χ1v) is 12.7. The average molecular weight is 492 g/mol. The first kappa shape index (κ1) is 23.4. The zero-order chi connectivity index (χ0) is 25.7. The van der Waals surface area contributed by atoms with Crippen molar-refractivity contribution < 1.29 is 18.1 Å². The third-order valence-electron chi connectivity index (χ3n) is 7.69. The molecule has 0 bridgehead atoms. The van der Waals surface area contributed by atoms with Gasteiger partial charge in [-0.25, -0.2) is 8.96 Å². The number of hydrogen-bond acceptors (Lipinski definition) is 3. The number of ether oxygens (including phenoxy) is 1. The number of aromatic nitrogens is 1. The largest absolute Gasteiger partial charge is 0.454 e. The Morgan fingerprint density at radius 1 is 0.892 bits per heavy atom. The number of nitriles is 1. The molecule has 2 aromatic heterocycles. The molecule has 5 heteroatoms. The lowest BCUT2D eigenvalue weighted by atomic mass is 9.89. The van der Waals surface area contributed by atoms with Gasteiger partial charge in [0.25, 0.3) is 0 Å². The van der Waals surface area contributed by atoms with Crippen LogP contribution >= 0.6 is 0 Å². The Balaban J connectivity index is 1.57. The van der Waals surface area contributed by atoms with Crippen LogP contribution in [0.25, 0.3) is 44.3 Å². The number of rotatable bonds is 3. The van der Waals surface area contributed by atoms with Crippen molar-refractivity contribution in [2.45, 2.75) is 32.6 Å². The molecule has 1 aliphatic heterocycles. The Morgan fingerprint density at radius 2 is 1.57 bits per heavy atom. The van der Waals surface area contributed by atoms with Crippen LogP contribution in [-0.4, -0.2) is 13.2 Å². The maximum Gasteiger partial charge on any atom is 0.219 e. The number of nitrogens with zero attached hydrogens (tertiary/aromatic N) is 2. The summed E-state index contributed by atoms with van der Waals surface area (Å²) in [6.07, 6.45) is 3.85. The maximum atomic E-state index is 14.6. The molecule has 0 saturated carbocycles. The van der Waals surface area contributed by atoms with E-state index in [1.807, 2.05) is 36.7 Å². The molecule has 1 saturated heterocycles. The molecule has 0 radical (unpaired) electrons. The van der Waals surface area contributed by atoms with Crippen LogP contribution in [0.15, 0.2) is 65.2 Å². The molecule has 0 amide bonds. The number of benzene rings is 3. The zero-order valence-electron chi connectivity index (χ0n) is 21.3. The van der Waals surface area contributed by atoms with E-state index in [9.17, 15) is 9.65 Å². The van der Waals surface area contributed by atoms with Gasteiger partial charge in [0.1, 0.15) is 24.0 Å². The van der Waals surface area contributed by atoms with Crippen molar-refractivity contribution in [1.82, 2.24) is 0 Å². The van der Waals surface area contributed by atoms with Crippen molar-refractivity contribution in [3.8, 4) is 28.5 Å². The number of halogens is 1. The molecule has 37 heavy (non-hydrogen) atoms. The molecular formula is C32H28FN2O2+. The molecule has 1 fully saturated rings. The van der Waals surface area contributed by atoms with Crippen LogP contribution in [-0.2, 0) is 11.8 Å². The summed E-state index contributed by atoms with van der Waals surface area (Å²) >= 11 is 0. The molecule has 1 aliphatic rings. The number of aryl methyl sites for hydroxylation is 3. The monoisotopic (exact) mass is 491 g/mol. The summed E-state index contributed by atoms with van der Waals surface area (Å²) in [5.74, 6) is 0.249. The molecule has 0 spiro atoms. The molecule has 5 aromatic rings. The third kappa shape index (κ3) is 3.89. The summed E-state index contributed by atoms with van der Waals surface area (Å²) in [6.45, 7) is 5.37. The van der Waals surface area contributed by atoms with Crippen LogP contribution in [0.5, 0.6) is 0 Å². The minimum Gasteiger partial charge on any atom is -0.454 e. The Morgan fingerprint density at radius 3 is 2.27 bits per heavy atom. The standard InChI is InChI=1S/C32H28FN2O2/c1-19-4-10-25-26-11-9-24(17-34)30(23-7-5-21(6-8-23)22-12-14-36-15-13-22)32(26)37-31(25)29(19)28-16-27(33)20(2)18-35(28)3/h4-11,16,18,22H,12-15H2,1-3H3/q+1. The molecule has 0 N–H and O–H groups in total. The van der Waals surface area contributed by atoms with E-state index in [-0.39, 0.29) is 5.82 Å². The molecule has 6 rings (SSSR count). The van der Waals surface area contributed by atoms with E-state index in [1.165, 1.54) is 5.56 Å². The Bertz CT molecular complexity index is 1700. The van der Waals surface area contributed by atoms with Crippen molar-refractivity contribution in [2.75, 3.05) is 13.2 Å². The van der Waals surface area contributed by atoms with Crippen LogP contribution in [0.2, 0.25) is 0 Å². The summed E-state index contributed by atoms with van der Waals surface area (Å²) in [6, 6.07) is 20.4. The fourth-order valence-corrected chi connectivity index (χ4v) is 5.66. The highest BCUT2D eigenvalue weighted by Crippen LogP contribution is 2.42. The summed E-state index contributed by atoms with van der Waals surface area (Å²) in [4.78, 5) is 0. The van der Waals surface area contributed by atoms with Crippen LogP contribution in [0.3, 0.4) is 0 Å². The predicted molar refractivity (Wildman–Crippen MR) is 143 cm³/mol. The fraction of sp³-hybridized carbons (Fsp3) is 0.250. The Kier molecular flexibility index (Phi) is 5.78. The van der Waals surface area contributed by atoms with E-state index in [1.54, 1.807) is 19.2 Å². The molecule has 4 nitrogen and oxygen atoms in total. The van der Waals surface area contributed by atoms with E-state index in [0.29, 0.717) is 28.2 Å². The molecule has 3 heterocycles. The second kappa shape index (κ2) is 9.14. The number of fused-ring (bicyclic) bond motifs is 3. The number of hydrogen-bond donors (Lipinski definition) is 0. The van der Waals surface area contributed by atoms with Gasteiger partial charge in [0.2, 0.25) is 5.69 Å². The minimum atomic E-state index is -0.252. The lowest BCUT2D eigenvalue weighted by molar-refractivity contribution is -0.661. The summed E-state index contributed by atoms with van der Waals surface area (Å²) in [5.41, 5.74) is 8.16. The second-order valence-corrected chi connectivity index (χ2v) is 10.0. The molecule has 0 unspecified atom stereocenters. The average Bonchev–Trinajstić information content (AvgIpc) is 3.29. The molecule has 184 valence electrons. The summed E-state index contributed by atoms with van der Waals surface area (Å²) in [5, 5.41) is 11.9. The SMILES string of the molecule is Cc1c[n+](C)c(-c2c(C)ccc3c2oc2c(-c4ccc(C5CCOCC5)cc4)c(C#N)ccc23)cc1F. The number of furan rings is 1. The minimum absolute atomic E-state index is 0.252. The first-order valence-electron chi connectivity index (χ1n) is 12.7. The Labute approximate surface area is 215 Å². The van der Waals surface area contributed by atoms with Gasteiger partial charge in [0.15, 0.2) is 6.20 Å². The van der Waals surface area contributed by atoms with Gasteiger partial charge in [-0.3, -0.25) is 0 Å². The van der Waals surface area contributed by atoms with E-state index in [0.717, 1.165) is 64.8 Å². The van der Waals surface area contributed by atoms with Gasteiger partial charge in [-0.1, -0.05) is 36.4 Å². The highest BCUT2D eigenvalue weighted by Gasteiger charge is 2.24. The van der Waals surface area contributed by atoms with Crippen LogP contribution in [0, 0.1) is 31.0 Å². The zero-order valence-corrected chi connectivity index (χ0v) is 21.3. The molecule has 0 atom stereocenters. The quantitative estimate of drug-likeness (QED) is 0.250. The van der Waals surface area contributed by atoms with Crippen molar-refractivity contribution in [2.24, 2.45) is 7.05 Å². The molecule has 0 aliphatic carbocycles. The highest BCUT2D eigenvalue weighted by atomic mass is 19.1. The van der Waals surface area contributed by atoms with Gasteiger partial charge in [-0.05, 0) is 61.4 Å². The van der Waals surface area contributed by atoms with E-state index in [2.05, 4.69) is 36.4 Å². The van der Waals surface area contributed by atoms with Gasteiger partial charge >= 0.3 is 0 Å². The third-order valence-corrected chi connectivity index (χ3v) is 7.69. The smallest absolute Gasteiger partial charge is 0.219 e. The van der Waals surface area contributed by atoms with Gasteiger partial charge < -0.3 is 9.15 Å². The van der Waals surface area contributed by atoms with E-state index >= 15 is 0 Å². The summed E-state index contributed by atoms with van der Waals surface area (Å²) in [7, 11) is 1.92. The van der Waals surface area contributed by atoms with Crippen molar-refractivity contribution in [3.05, 3.63) is 88.9 Å². The van der Waals surface area contributed by atoms with E-state index < -0.39 is 0 Å². The van der Waals surface area contributed by atoms with Crippen molar-refractivity contribution in [1.29, 1.82) is 5.26 Å². The van der Waals surface area contributed by atoms with E-state index in [4.69, 9.17) is 9.15 Å². The topological polar surface area (TPSA) is 50.0 Å². The van der Waals surface area contributed by atoms with Gasteiger partial charge in [0.05, 0.1) is 17.2 Å². The fourth-order valence-electron chi connectivity index (χ4n) is 5.66. The van der Waals surface area contributed by atoms with Crippen LogP contribution < -0.4 is 4.57 Å². The predicted octanol–water partition coefficient (Wildman–Crippen LogP) is 7.27. The lowest BCUT2D eigenvalue weighted by Gasteiger charge is -2.22. The first-order chi connectivity index (χ1) is 18.0. The lowest BCUT2D eigenvalue weighted by Crippen LogP contribution is -2.31. The number of pyridine rings is 1. The Hall–Kier alpha value is -4.01. The molecule has 3 aromatic carbocycles. The van der Waals surface area contributed by atoms with Crippen molar-refractivity contribution >= 4 is 21.9 Å². The normalized spacial score (nSPS) is 14.4. The summed E-state index contributed by atoms with van der Waals surface area (Å²) < 4.78 is 28.7. The highest BCUT2D eigenvalue weighted by molar-refractivity contribution is 6.14. The van der Waals surface area contributed by atoms with Crippen LogP contribution in [0.1, 0.15) is 41.0 Å². The maximum absolute atomic E-state index is 14.6.